The molecule has 1 aliphatic rings. The van der Waals surface area contributed by atoms with Crippen molar-refractivity contribution in [2.24, 2.45) is 0 Å². The molecule has 0 saturated carbocycles. The Hall–Kier alpha value is -0.900. The third-order valence-corrected chi connectivity index (χ3v) is 4.04. The zero-order chi connectivity index (χ0) is 13.5. The summed E-state index contributed by atoms with van der Waals surface area (Å²) in [5.74, 6) is 0. The first-order valence-electron chi connectivity index (χ1n) is 7.42. The highest BCUT2D eigenvalue weighted by atomic mass is 15.2. The molecule has 2 rings (SSSR count). The van der Waals surface area contributed by atoms with Crippen molar-refractivity contribution >= 4 is 0 Å². The van der Waals surface area contributed by atoms with Crippen LogP contribution in [0, 0.1) is 0 Å². The zero-order valence-electron chi connectivity index (χ0n) is 12.3. The van der Waals surface area contributed by atoms with Gasteiger partial charge in [0.2, 0.25) is 0 Å². The van der Waals surface area contributed by atoms with Crippen molar-refractivity contribution < 1.29 is 0 Å². The van der Waals surface area contributed by atoms with E-state index in [4.69, 9.17) is 0 Å². The maximum absolute atomic E-state index is 3.42. The predicted octanol–water partition coefficient (Wildman–Crippen LogP) is 1.97. The summed E-state index contributed by atoms with van der Waals surface area (Å²) in [6.45, 7) is 6.02. The first kappa shape index (κ1) is 14.5. The van der Waals surface area contributed by atoms with Crippen LogP contribution in [-0.4, -0.2) is 56.6 Å². The second-order valence-corrected chi connectivity index (χ2v) is 5.56. The van der Waals surface area contributed by atoms with Crippen LogP contribution in [0.5, 0.6) is 0 Å². The third-order valence-electron chi connectivity index (χ3n) is 4.04. The molecular formula is C16H27N3. The van der Waals surface area contributed by atoms with Crippen LogP contribution >= 0.6 is 0 Å². The Morgan fingerprint density at radius 2 is 1.89 bits per heavy atom. The van der Waals surface area contributed by atoms with Gasteiger partial charge in [0.1, 0.15) is 0 Å². The highest BCUT2D eigenvalue weighted by molar-refractivity contribution is 5.19. The maximum atomic E-state index is 3.42. The minimum Gasteiger partial charge on any atom is -0.312 e. The van der Waals surface area contributed by atoms with Gasteiger partial charge in [0.15, 0.2) is 0 Å². The molecular weight excluding hydrogens is 234 g/mol. The van der Waals surface area contributed by atoms with Crippen LogP contribution in [0.2, 0.25) is 0 Å². The fourth-order valence-corrected chi connectivity index (χ4v) is 2.77. The SMILES string of the molecule is CNC(CN(C)CCN1CCCC1)c1ccccc1. The van der Waals surface area contributed by atoms with Gasteiger partial charge in [-0.25, -0.2) is 0 Å². The van der Waals surface area contributed by atoms with E-state index < -0.39 is 0 Å². The quantitative estimate of drug-likeness (QED) is 0.809. The summed E-state index contributed by atoms with van der Waals surface area (Å²) in [5.41, 5.74) is 1.37. The Bertz CT molecular complexity index is 346. The van der Waals surface area contributed by atoms with Gasteiger partial charge in [0.05, 0.1) is 0 Å². The maximum Gasteiger partial charge on any atom is 0.0446 e. The summed E-state index contributed by atoms with van der Waals surface area (Å²) in [6.07, 6.45) is 2.76. The average molecular weight is 261 g/mol. The van der Waals surface area contributed by atoms with E-state index in [0.29, 0.717) is 6.04 Å². The van der Waals surface area contributed by atoms with E-state index in [2.05, 4.69) is 52.5 Å². The highest BCUT2D eigenvalue weighted by Crippen LogP contribution is 2.13. The molecule has 3 heteroatoms. The van der Waals surface area contributed by atoms with Crippen molar-refractivity contribution in [1.29, 1.82) is 0 Å². The Labute approximate surface area is 117 Å². The fourth-order valence-electron chi connectivity index (χ4n) is 2.77. The molecule has 0 spiro atoms. The first-order chi connectivity index (χ1) is 9.29. The minimum atomic E-state index is 0.421. The normalized spacial score (nSPS) is 18.1. The topological polar surface area (TPSA) is 18.5 Å². The molecule has 106 valence electrons. The van der Waals surface area contributed by atoms with Crippen LogP contribution in [0.4, 0.5) is 0 Å². The summed E-state index contributed by atoms with van der Waals surface area (Å²) >= 11 is 0. The van der Waals surface area contributed by atoms with Crippen LogP contribution in [0.15, 0.2) is 30.3 Å². The van der Waals surface area contributed by atoms with Gasteiger partial charge in [-0.3, -0.25) is 0 Å². The van der Waals surface area contributed by atoms with Crippen molar-refractivity contribution in [3.63, 3.8) is 0 Å². The lowest BCUT2D eigenvalue weighted by atomic mass is 10.1. The smallest absolute Gasteiger partial charge is 0.0446 e. The summed E-state index contributed by atoms with van der Waals surface area (Å²) < 4.78 is 0. The zero-order valence-corrected chi connectivity index (χ0v) is 12.3. The molecule has 1 aliphatic heterocycles. The first-order valence-corrected chi connectivity index (χ1v) is 7.42. The summed E-state index contributed by atoms with van der Waals surface area (Å²) in [7, 11) is 4.27. The van der Waals surface area contributed by atoms with E-state index in [1.807, 2.05) is 7.05 Å². The number of hydrogen-bond acceptors (Lipinski definition) is 3. The molecule has 0 aromatic heterocycles. The molecule has 19 heavy (non-hydrogen) atoms. The molecule has 0 amide bonds. The molecule has 3 nitrogen and oxygen atoms in total. The monoisotopic (exact) mass is 261 g/mol. The van der Waals surface area contributed by atoms with Crippen LogP contribution < -0.4 is 5.32 Å². The van der Waals surface area contributed by atoms with Crippen LogP contribution in [0.25, 0.3) is 0 Å². The molecule has 1 fully saturated rings. The number of hydrogen-bond donors (Lipinski definition) is 1. The second-order valence-electron chi connectivity index (χ2n) is 5.56. The number of likely N-dealkylation sites (N-methyl/N-ethyl adjacent to an activating group) is 2. The van der Waals surface area contributed by atoms with Crippen LogP contribution in [0.3, 0.4) is 0 Å². The molecule has 1 unspecified atom stereocenters. The van der Waals surface area contributed by atoms with E-state index in [0.717, 1.165) is 13.1 Å². The van der Waals surface area contributed by atoms with Crippen LogP contribution in [-0.2, 0) is 0 Å². The van der Waals surface area contributed by atoms with Gasteiger partial charge in [-0.2, -0.15) is 0 Å². The lowest BCUT2D eigenvalue weighted by Crippen LogP contribution is -2.36. The molecule has 1 aromatic rings. The van der Waals surface area contributed by atoms with Gasteiger partial charge < -0.3 is 15.1 Å². The Kier molecular flexibility index (Phi) is 5.83. The standard InChI is InChI=1S/C16H27N3/c1-17-16(15-8-4-3-5-9-15)14-18(2)12-13-19-10-6-7-11-19/h3-5,8-9,16-17H,6-7,10-14H2,1-2H3. The van der Waals surface area contributed by atoms with Gasteiger partial charge in [-0.15, -0.1) is 0 Å². The Morgan fingerprint density at radius 3 is 2.53 bits per heavy atom. The van der Waals surface area contributed by atoms with E-state index in [-0.39, 0.29) is 0 Å². The summed E-state index contributed by atoms with van der Waals surface area (Å²) in [5, 5.41) is 3.42. The van der Waals surface area contributed by atoms with Crippen molar-refractivity contribution in [2.45, 2.75) is 18.9 Å². The van der Waals surface area contributed by atoms with E-state index in [1.54, 1.807) is 0 Å². The number of likely N-dealkylation sites (tertiary alicyclic amines) is 1. The predicted molar refractivity (Wildman–Crippen MR) is 81.4 cm³/mol. The fraction of sp³-hybridized carbons (Fsp3) is 0.625. The number of benzene rings is 1. The van der Waals surface area contributed by atoms with Gasteiger partial charge in [-0.05, 0) is 45.6 Å². The highest BCUT2D eigenvalue weighted by Gasteiger charge is 2.14. The lowest BCUT2D eigenvalue weighted by molar-refractivity contribution is 0.241. The van der Waals surface area contributed by atoms with Crippen molar-refractivity contribution in [3.05, 3.63) is 35.9 Å². The van der Waals surface area contributed by atoms with Crippen molar-refractivity contribution in [2.75, 3.05) is 46.8 Å². The largest absolute Gasteiger partial charge is 0.312 e. The molecule has 1 heterocycles. The Morgan fingerprint density at radius 1 is 1.21 bits per heavy atom. The third kappa shape index (κ3) is 4.60. The molecule has 1 atom stereocenters. The second kappa shape index (κ2) is 7.63. The van der Waals surface area contributed by atoms with Gasteiger partial charge in [0, 0.05) is 25.7 Å². The number of nitrogens with one attached hydrogen (secondary N) is 1. The molecule has 1 N–H and O–H groups in total. The summed E-state index contributed by atoms with van der Waals surface area (Å²) in [6, 6.07) is 11.1. The van der Waals surface area contributed by atoms with Crippen molar-refractivity contribution in [1.82, 2.24) is 15.1 Å². The van der Waals surface area contributed by atoms with Gasteiger partial charge in [0.25, 0.3) is 0 Å². The van der Waals surface area contributed by atoms with Gasteiger partial charge >= 0.3 is 0 Å². The lowest BCUT2D eigenvalue weighted by Gasteiger charge is -2.26. The number of nitrogens with zero attached hydrogens (tertiary/aromatic N) is 2. The van der Waals surface area contributed by atoms with E-state index in [1.165, 1.54) is 38.0 Å². The minimum absolute atomic E-state index is 0.421. The van der Waals surface area contributed by atoms with Gasteiger partial charge in [-0.1, -0.05) is 30.3 Å². The molecule has 1 saturated heterocycles. The van der Waals surface area contributed by atoms with Crippen molar-refractivity contribution in [3.8, 4) is 0 Å². The van der Waals surface area contributed by atoms with E-state index in [9.17, 15) is 0 Å². The van der Waals surface area contributed by atoms with Crippen LogP contribution in [0.1, 0.15) is 24.4 Å². The molecule has 0 aliphatic carbocycles. The number of rotatable bonds is 7. The summed E-state index contributed by atoms with van der Waals surface area (Å²) in [4.78, 5) is 5.01. The molecule has 0 bridgehead atoms. The van der Waals surface area contributed by atoms with E-state index >= 15 is 0 Å². The average Bonchev–Trinajstić information content (AvgIpc) is 2.97. The molecule has 1 aromatic carbocycles. The molecule has 0 radical (unpaired) electrons. The Balaban J connectivity index is 1.77.